The number of nitrogens with one attached hydrogen (secondary N) is 2. The van der Waals surface area contributed by atoms with Crippen LogP contribution in [-0.2, 0) is 17.7 Å². The Morgan fingerprint density at radius 3 is 3.07 bits per heavy atom. The van der Waals surface area contributed by atoms with Crippen LogP contribution in [0.3, 0.4) is 0 Å². The highest BCUT2D eigenvalue weighted by molar-refractivity contribution is 5.89. The standard InChI is InChI=1S/C8H11N3O2.ClH/c1-13-8(12)7-5-2-3-9-4-6(5)10-11-7;/h9H,2-4H2,1H3,(H,10,11);1H. The van der Waals surface area contributed by atoms with Crippen LogP contribution in [0.25, 0.3) is 0 Å². The van der Waals surface area contributed by atoms with Gasteiger partial charge in [0.05, 0.1) is 12.8 Å². The summed E-state index contributed by atoms with van der Waals surface area (Å²) in [6.45, 7) is 1.63. The van der Waals surface area contributed by atoms with Gasteiger partial charge in [-0.2, -0.15) is 5.10 Å². The number of halogens is 1. The van der Waals surface area contributed by atoms with Gasteiger partial charge < -0.3 is 10.1 Å². The van der Waals surface area contributed by atoms with Gasteiger partial charge in [0, 0.05) is 12.1 Å². The number of aromatic nitrogens is 2. The number of ether oxygens (including phenoxy) is 1. The normalized spacial score (nSPS) is 14.1. The Hall–Kier alpha value is -1.07. The summed E-state index contributed by atoms with van der Waals surface area (Å²) in [5.41, 5.74) is 2.41. The summed E-state index contributed by atoms with van der Waals surface area (Å²) >= 11 is 0. The first-order valence-electron chi connectivity index (χ1n) is 4.18. The van der Waals surface area contributed by atoms with Crippen molar-refractivity contribution in [3.05, 3.63) is 17.0 Å². The lowest BCUT2D eigenvalue weighted by atomic mass is 10.1. The van der Waals surface area contributed by atoms with E-state index < -0.39 is 0 Å². The zero-order valence-corrected chi connectivity index (χ0v) is 8.61. The molecule has 0 bridgehead atoms. The van der Waals surface area contributed by atoms with Gasteiger partial charge in [0.2, 0.25) is 0 Å². The molecule has 1 aromatic rings. The average Bonchev–Trinajstić information content (AvgIpc) is 2.60. The number of rotatable bonds is 1. The van der Waals surface area contributed by atoms with Crippen LogP contribution in [0.5, 0.6) is 0 Å². The SMILES string of the molecule is COC(=O)c1n[nH]c2c1CCNC2.Cl. The Balaban J connectivity index is 0.000000980. The number of esters is 1. The monoisotopic (exact) mass is 217 g/mol. The molecule has 1 aliphatic heterocycles. The van der Waals surface area contributed by atoms with E-state index in [9.17, 15) is 4.79 Å². The van der Waals surface area contributed by atoms with E-state index in [4.69, 9.17) is 0 Å². The number of H-pyrrole nitrogens is 1. The van der Waals surface area contributed by atoms with E-state index in [-0.39, 0.29) is 18.4 Å². The second-order valence-corrected chi connectivity index (χ2v) is 2.95. The first kappa shape index (κ1) is 11.0. The van der Waals surface area contributed by atoms with Crippen LogP contribution in [0.1, 0.15) is 21.7 Å². The van der Waals surface area contributed by atoms with Crippen LogP contribution in [0, 0.1) is 0 Å². The zero-order valence-electron chi connectivity index (χ0n) is 7.79. The van der Waals surface area contributed by atoms with Crippen LogP contribution < -0.4 is 5.32 Å². The van der Waals surface area contributed by atoms with Crippen molar-refractivity contribution >= 4 is 18.4 Å². The van der Waals surface area contributed by atoms with E-state index >= 15 is 0 Å². The van der Waals surface area contributed by atoms with Gasteiger partial charge >= 0.3 is 5.97 Å². The molecule has 2 N–H and O–H groups in total. The van der Waals surface area contributed by atoms with Gasteiger partial charge in [0.1, 0.15) is 0 Å². The van der Waals surface area contributed by atoms with Crippen molar-refractivity contribution in [1.82, 2.24) is 15.5 Å². The van der Waals surface area contributed by atoms with Gasteiger partial charge in [-0.3, -0.25) is 5.10 Å². The Kier molecular flexibility index (Phi) is 3.49. The number of hydrogen-bond donors (Lipinski definition) is 2. The summed E-state index contributed by atoms with van der Waals surface area (Å²) in [6.07, 6.45) is 0.830. The van der Waals surface area contributed by atoms with Crippen LogP contribution >= 0.6 is 12.4 Å². The van der Waals surface area contributed by atoms with E-state index in [0.717, 1.165) is 30.8 Å². The second kappa shape index (κ2) is 4.43. The number of hydrogen-bond acceptors (Lipinski definition) is 4. The van der Waals surface area contributed by atoms with Crippen LogP contribution in [0.4, 0.5) is 0 Å². The van der Waals surface area contributed by atoms with Crippen molar-refractivity contribution in [2.24, 2.45) is 0 Å². The predicted molar refractivity (Wildman–Crippen MR) is 52.6 cm³/mol. The van der Waals surface area contributed by atoms with Gasteiger partial charge in [-0.15, -0.1) is 12.4 Å². The smallest absolute Gasteiger partial charge is 0.358 e. The summed E-state index contributed by atoms with van der Waals surface area (Å²) in [4.78, 5) is 11.2. The zero-order chi connectivity index (χ0) is 9.26. The molecule has 0 radical (unpaired) electrons. The van der Waals surface area contributed by atoms with Crippen LogP contribution in [0.2, 0.25) is 0 Å². The Morgan fingerprint density at radius 2 is 2.36 bits per heavy atom. The topological polar surface area (TPSA) is 67.0 Å². The highest BCUT2D eigenvalue weighted by atomic mass is 35.5. The van der Waals surface area contributed by atoms with Gasteiger partial charge in [-0.1, -0.05) is 0 Å². The summed E-state index contributed by atoms with van der Waals surface area (Å²) in [7, 11) is 1.37. The van der Waals surface area contributed by atoms with E-state index in [1.54, 1.807) is 0 Å². The molecule has 1 aliphatic rings. The molecule has 1 aromatic heterocycles. The maximum absolute atomic E-state index is 11.2. The molecule has 5 nitrogen and oxygen atoms in total. The fourth-order valence-corrected chi connectivity index (χ4v) is 1.51. The lowest BCUT2D eigenvalue weighted by Gasteiger charge is -2.11. The molecule has 0 fully saturated rings. The maximum Gasteiger partial charge on any atom is 0.358 e. The van der Waals surface area contributed by atoms with E-state index in [0.29, 0.717) is 5.69 Å². The maximum atomic E-state index is 11.2. The fourth-order valence-electron chi connectivity index (χ4n) is 1.51. The molecular formula is C8H12ClN3O2. The summed E-state index contributed by atoms with van der Waals surface area (Å²) in [5, 5.41) is 9.94. The second-order valence-electron chi connectivity index (χ2n) is 2.95. The molecule has 0 aliphatic carbocycles. The Morgan fingerprint density at radius 1 is 1.57 bits per heavy atom. The van der Waals surface area contributed by atoms with Gasteiger partial charge in [-0.25, -0.2) is 4.79 Å². The first-order valence-corrected chi connectivity index (χ1v) is 4.18. The lowest BCUT2D eigenvalue weighted by Crippen LogP contribution is -2.24. The molecule has 78 valence electrons. The van der Waals surface area contributed by atoms with Gasteiger partial charge in [0.15, 0.2) is 5.69 Å². The minimum absolute atomic E-state index is 0. The molecule has 2 rings (SSSR count). The number of carbonyl (C=O) groups excluding carboxylic acids is 1. The number of carbonyl (C=O) groups is 1. The molecule has 6 heteroatoms. The number of fused-ring (bicyclic) bond motifs is 1. The van der Waals surface area contributed by atoms with Crippen molar-refractivity contribution in [2.75, 3.05) is 13.7 Å². The fraction of sp³-hybridized carbons (Fsp3) is 0.500. The summed E-state index contributed by atoms with van der Waals surface area (Å²) < 4.78 is 4.62. The largest absolute Gasteiger partial charge is 0.464 e. The van der Waals surface area contributed by atoms with Crippen molar-refractivity contribution in [3.63, 3.8) is 0 Å². The summed E-state index contributed by atoms with van der Waals surface area (Å²) in [6, 6.07) is 0. The van der Waals surface area contributed by atoms with E-state index in [2.05, 4.69) is 20.3 Å². The summed E-state index contributed by atoms with van der Waals surface area (Å²) in [5.74, 6) is -0.362. The molecule has 0 unspecified atom stereocenters. The molecule has 0 atom stereocenters. The number of nitrogens with zero attached hydrogens (tertiary/aromatic N) is 1. The molecule has 0 saturated heterocycles. The quantitative estimate of drug-likeness (QED) is 0.663. The Bertz CT molecular complexity index is 337. The highest BCUT2D eigenvalue weighted by Crippen LogP contribution is 2.15. The van der Waals surface area contributed by atoms with Gasteiger partial charge in [0.25, 0.3) is 0 Å². The highest BCUT2D eigenvalue weighted by Gasteiger charge is 2.21. The third-order valence-electron chi connectivity index (χ3n) is 2.19. The van der Waals surface area contributed by atoms with Crippen molar-refractivity contribution < 1.29 is 9.53 Å². The predicted octanol–water partition coefficient (Wildman–Crippen LogP) is 0.264. The van der Waals surface area contributed by atoms with Crippen LogP contribution in [-0.4, -0.2) is 29.8 Å². The van der Waals surface area contributed by atoms with E-state index in [1.165, 1.54) is 7.11 Å². The molecule has 0 amide bonds. The third-order valence-corrected chi connectivity index (χ3v) is 2.19. The molecule has 0 aromatic carbocycles. The minimum Gasteiger partial charge on any atom is -0.464 e. The van der Waals surface area contributed by atoms with Crippen molar-refractivity contribution in [1.29, 1.82) is 0 Å². The molecule has 0 saturated carbocycles. The van der Waals surface area contributed by atoms with Crippen LogP contribution in [0.15, 0.2) is 0 Å². The third kappa shape index (κ3) is 1.73. The minimum atomic E-state index is -0.362. The first-order chi connectivity index (χ1) is 6.33. The van der Waals surface area contributed by atoms with E-state index in [1.807, 2.05) is 0 Å². The lowest BCUT2D eigenvalue weighted by molar-refractivity contribution is 0.0592. The average molecular weight is 218 g/mol. The van der Waals surface area contributed by atoms with Crippen molar-refractivity contribution in [2.45, 2.75) is 13.0 Å². The molecule has 2 heterocycles. The Labute approximate surface area is 87.6 Å². The van der Waals surface area contributed by atoms with Crippen molar-refractivity contribution in [3.8, 4) is 0 Å². The molecule has 0 spiro atoms. The number of methoxy groups -OCH3 is 1. The molecule has 14 heavy (non-hydrogen) atoms. The van der Waals surface area contributed by atoms with Gasteiger partial charge in [-0.05, 0) is 13.0 Å². The molecular weight excluding hydrogens is 206 g/mol. The number of aromatic amines is 1.